The summed E-state index contributed by atoms with van der Waals surface area (Å²) in [7, 11) is 0. The van der Waals surface area contributed by atoms with Crippen molar-refractivity contribution in [3.63, 3.8) is 0 Å². The van der Waals surface area contributed by atoms with Crippen LogP contribution in [0.5, 0.6) is 5.75 Å². The average molecular weight is 278 g/mol. The fourth-order valence-electron chi connectivity index (χ4n) is 1.67. The Morgan fingerprint density at radius 3 is 2.59 bits per heavy atom. The first-order valence-corrected chi connectivity index (χ1v) is 6.09. The van der Waals surface area contributed by atoms with E-state index in [9.17, 15) is 0 Å². The zero-order valence-corrected chi connectivity index (χ0v) is 12.2. The van der Waals surface area contributed by atoms with Crippen LogP contribution in [0.1, 0.15) is 31.4 Å². The summed E-state index contributed by atoms with van der Waals surface area (Å²) in [4.78, 5) is 0. The van der Waals surface area contributed by atoms with Crippen LogP contribution in [-0.4, -0.2) is 12.6 Å². The minimum atomic E-state index is 0. The first-order valence-electron chi connectivity index (χ1n) is 5.72. The molecule has 0 radical (unpaired) electrons. The maximum atomic E-state index is 6.19. The van der Waals surface area contributed by atoms with Crippen molar-refractivity contribution >= 4 is 24.0 Å². The van der Waals surface area contributed by atoms with Gasteiger partial charge in [-0.2, -0.15) is 0 Å². The normalized spacial score (nSPS) is 11.8. The van der Waals surface area contributed by atoms with Crippen LogP contribution < -0.4 is 10.5 Å². The molecule has 1 atom stereocenters. The molecule has 2 nitrogen and oxygen atoms in total. The summed E-state index contributed by atoms with van der Waals surface area (Å²) in [6.45, 7) is 6.78. The van der Waals surface area contributed by atoms with Crippen molar-refractivity contribution in [2.24, 2.45) is 5.73 Å². The summed E-state index contributed by atoms with van der Waals surface area (Å²) in [6, 6.07) is 4.14. The minimum Gasteiger partial charge on any atom is -0.492 e. The van der Waals surface area contributed by atoms with E-state index in [1.807, 2.05) is 19.9 Å². The number of halogens is 2. The Morgan fingerprint density at radius 1 is 1.41 bits per heavy atom. The van der Waals surface area contributed by atoms with Crippen LogP contribution in [0.2, 0.25) is 5.02 Å². The average Bonchev–Trinajstić information content (AvgIpc) is 2.15. The Balaban J connectivity index is 0.00000256. The van der Waals surface area contributed by atoms with Crippen LogP contribution in [0, 0.1) is 6.92 Å². The molecule has 1 aromatic carbocycles. The third-order valence-corrected chi connectivity index (χ3v) is 2.54. The summed E-state index contributed by atoms with van der Waals surface area (Å²) in [5.74, 6) is 0.798. The van der Waals surface area contributed by atoms with E-state index in [2.05, 4.69) is 13.0 Å². The van der Waals surface area contributed by atoms with Gasteiger partial charge in [-0.1, -0.05) is 24.6 Å². The summed E-state index contributed by atoms with van der Waals surface area (Å²) >= 11 is 6.19. The molecule has 0 aliphatic heterocycles. The SMILES string of the molecule is CCCOc1c(Cl)cc(C)cc1CC(C)N.Cl. The van der Waals surface area contributed by atoms with Crippen molar-refractivity contribution in [1.29, 1.82) is 0 Å². The summed E-state index contributed by atoms with van der Waals surface area (Å²) in [5.41, 5.74) is 8.07. The van der Waals surface area contributed by atoms with Crippen molar-refractivity contribution in [2.45, 2.75) is 39.7 Å². The molecule has 1 rings (SSSR count). The molecule has 0 fully saturated rings. The molecular formula is C13H21Cl2NO. The Labute approximate surface area is 115 Å². The van der Waals surface area contributed by atoms with Gasteiger partial charge in [-0.05, 0) is 43.9 Å². The van der Waals surface area contributed by atoms with Crippen molar-refractivity contribution in [2.75, 3.05) is 6.61 Å². The Hall–Kier alpha value is -0.440. The molecule has 0 amide bonds. The van der Waals surface area contributed by atoms with E-state index in [4.69, 9.17) is 22.1 Å². The standard InChI is InChI=1S/C13H20ClNO.ClH/c1-4-5-16-13-11(8-10(3)15)6-9(2)7-12(13)14;/h6-7,10H,4-5,8,15H2,1-3H3;1H. The van der Waals surface area contributed by atoms with Crippen molar-refractivity contribution in [1.82, 2.24) is 0 Å². The van der Waals surface area contributed by atoms with Gasteiger partial charge in [-0.25, -0.2) is 0 Å². The maximum absolute atomic E-state index is 6.19. The van der Waals surface area contributed by atoms with Crippen LogP contribution >= 0.6 is 24.0 Å². The summed E-state index contributed by atoms with van der Waals surface area (Å²) in [6.07, 6.45) is 1.77. The lowest BCUT2D eigenvalue weighted by Crippen LogP contribution is -2.18. The smallest absolute Gasteiger partial charge is 0.141 e. The van der Waals surface area contributed by atoms with Gasteiger partial charge in [-0.15, -0.1) is 12.4 Å². The van der Waals surface area contributed by atoms with Gasteiger partial charge in [0.15, 0.2) is 0 Å². The second-order valence-electron chi connectivity index (χ2n) is 4.26. The van der Waals surface area contributed by atoms with E-state index in [0.717, 1.165) is 29.7 Å². The molecule has 17 heavy (non-hydrogen) atoms. The third kappa shape index (κ3) is 5.15. The van der Waals surface area contributed by atoms with Gasteiger partial charge >= 0.3 is 0 Å². The molecule has 0 saturated heterocycles. The van der Waals surface area contributed by atoms with E-state index in [1.54, 1.807) is 0 Å². The molecule has 0 aliphatic rings. The maximum Gasteiger partial charge on any atom is 0.141 e. The molecule has 0 spiro atoms. The van der Waals surface area contributed by atoms with Crippen LogP contribution in [0.15, 0.2) is 12.1 Å². The number of hydrogen-bond acceptors (Lipinski definition) is 2. The van der Waals surface area contributed by atoms with Crippen molar-refractivity contribution in [3.05, 3.63) is 28.3 Å². The zero-order chi connectivity index (χ0) is 12.1. The molecule has 0 heterocycles. The lowest BCUT2D eigenvalue weighted by Gasteiger charge is -2.15. The topological polar surface area (TPSA) is 35.2 Å². The molecule has 0 saturated carbocycles. The molecule has 4 heteroatoms. The number of nitrogens with two attached hydrogens (primary N) is 1. The van der Waals surface area contributed by atoms with Crippen LogP contribution in [0.4, 0.5) is 0 Å². The molecule has 98 valence electrons. The van der Waals surface area contributed by atoms with E-state index in [-0.39, 0.29) is 18.4 Å². The van der Waals surface area contributed by atoms with Gasteiger partial charge in [0.05, 0.1) is 11.6 Å². The second-order valence-corrected chi connectivity index (χ2v) is 4.67. The van der Waals surface area contributed by atoms with Gasteiger partial charge in [-0.3, -0.25) is 0 Å². The molecule has 0 aliphatic carbocycles. The van der Waals surface area contributed by atoms with Crippen LogP contribution in [-0.2, 0) is 6.42 Å². The number of ether oxygens (including phenoxy) is 1. The Kier molecular flexibility index (Phi) is 7.60. The highest BCUT2D eigenvalue weighted by Crippen LogP contribution is 2.31. The van der Waals surface area contributed by atoms with Gasteiger partial charge in [0.1, 0.15) is 5.75 Å². The van der Waals surface area contributed by atoms with Gasteiger partial charge < -0.3 is 10.5 Å². The quantitative estimate of drug-likeness (QED) is 0.890. The number of rotatable bonds is 5. The first kappa shape index (κ1) is 16.6. The summed E-state index contributed by atoms with van der Waals surface area (Å²) < 4.78 is 5.69. The number of benzene rings is 1. The highest BCUT2D eigenvalue weighted by molar-refractivity contribution is 6.32. The zero-order valence-electron chi connectivity index (χ0n) is 10.6. The molecule has 1 unspecified atom stereocenters. The van der Waals surface area contributed by atoms with Crippen LogP contribution in [0.25, 0.3) is 0 Å². The van der Waals surface area contributed by atoms with E-state index >= 15 is 0 Å². The Bertz CT molecular complexity index is 354. The first-order chi connectivity index (χ1) is 7.54. The summed E-state index contributed by atoms with van der Waals surface area (Å²) in [5, 5.41) is 0.684. The predicted octanol–water partition coefficient (Wildman–Crippen LogP) is 3.75. The second kappa shape index (κ2) is 7.80. The molecular weight excluding hydrogens is 257 g/mol. The largest absolute Gasteiger partial charge is 0.492 e. The monoisotopic (exact) mass is 277 g/mol. The third-order valence-electron chi connectivity index (χ3n) is 2.26. The van der Waals surface area contributed by atoms with Gasteiger partial charge in [0.2, 0.25) is 0 Å². The number of aryl methyl sites for hydroxylation is 1. The molecule has 2 N–H and O–H groups in total. The van der Waals surface area contributed by atoms with Crippen LogP contribution in [0.3, 0.4) is 0 Å². The van der Waals surface area contributed by atoms with E-state index in [0.29, 0.717) is 11.6 Å². The fourth-order valence-corrected chi connectivity index (χ4v) is 2.01. The highest BCUT2D eigenvalue weighted by atomic mass is 35.5. The lowest BCUT2D eigenvalue weighted by molar-refractivity contribution is 0.313. The van der Waals surface area contributed by atoms with Crippen molar-refractivity contribution < 1.29 is 4.74 Å². The number of hydrogen-bond donors (Lipinski definition) is 1. The molecule has 0 bridgehead atoms. The lowest BCUT2D eigenvalue weighted by atomic mass is 10.0. The predicted molar refractivity (Wildman–Crippen MR) is 76.6 cm³/mol. The highest BCUT2D eigenvalue weighted by Gasteiger charge is 2.11. The van der Waals surface area contributed by atoms with E-state index < -0.39 is 0 Å². The van der Waals surface area contributed by atoms with E-state index in [1.165, 1.54) is 0 Å². The minimum absolute atomic E-state index is 0. The van der Waals surface area contributed by atoms with Gasteiger partial charge in [0.25, 0.3) is 0 Å². The Morgan fingerprint density at radius 2 is 2.06 bits per heavy atom. The molecule has 0 aromatic heterocycles. The van der Waals surface area contributed by atoms with Crippen molar-refractivity contribution in [3.8, 4) is 5.75 Å². The fraction of sp³-hybridized carbons (Fsp3) is 0.538. The molecule has 1 aromatic rings. The van der Waals surface area contributed by atoms with Gasteiger partial charge in [0, 0.05) is 6.04 Å².